The number of hydrogen-bond acceptors (Lipinski definition) is 3. The van der Waals surface area contributed by atoms with Crippen LogP contribution in [0.4, 0.5) is 5.69 Å². The summed E-state index contributed by atoms with van der Waals surface area (Å²) >= 11 is 0. The van der Waals surface area contributed by atoms with Crippen molar-refractivity contribution in [2.45, 2.75) is 12.1 Å². The molecule has 0 radical (unpaired) electrons. The van der Waals surface area contributed by atoms with Crippen LogP contribution >= 0.6 is 0 Å². The van der Waals surface area contributed by atoms with Gasteiger partial charge in [0.15, 0.2) is 0 Å². The van der Waals surface area contributed by atoms with E-state index in [4.69, 9.17) is 4.74 Å². The van der Waals surface area contributed by atoms with E-state index in [2.05, 4.69) is 11.4 Å². The minimum Gasteiger partial charge on any atom is -0.456 e. The highest BCUT2D eigenvalue weighted by atomic mass is 16.5. The first-order chi connectivity index (χ1) is 16.7. The van der Waals surface area contributed by atoms with E-state index in [1.165, 1.54) is 0 Å². The number of fused-ring (bicyclic) bond motifs is 1. The second-order valence-electron chi connectivity index (χ2n) is 8.23. The van der Waals surface area contributed by atoms with Crippen LogP contribution in [0.3, 0.4) is 0 Å². The van der Waals surface area contributed by atoms with Crippen LogP contribution < -0.4 is 10.1 Å². The number of benzene rings is 5. The van der Waals surface area contributed by atoms with Gasteiger partial charge in [0.1, 0.15) is 5.75 Å². The number of para-hydroxylation sites is 1. The molecule has 0 fully saturated rings. The van der Waals surface area contributed by atoms with E-state index >= 15 is 0 Å². The predicted octanol–water partition coefficient (Wildman–Crippen LogP) is 7.00. The fourth-order valence-electron chi connectivity index (χ4n) is 4.16. The molecule has 5 aromatic rings. The molecule has 34 heavy (non-hydrogen) atoms. The Morgan fingerprint density at radius 2 is 1.24 bits per heavy atom. The monoisotopic (exact) mass is 443 g/mol. The molecule has 0 aromatic heterocycles. The number of Topliss-reactive ketones (excluding diaryl/α,β-unsaturated/α-hetero) is 1. The van der Waals surface area contributed by atoms with Gasteiger partial charge in [-0.05, 0) is 40.6 Å². The van der Waals surface area contributed by atoms with Crippen LogP contribution in [-0.4, -0.2) is 5.78 Å². The highest BCUT2D eigenvalue weighted by Gasteiger charge is 2.42. The van der Waals surface area contributed by atoms with Crippen molar-refractivity contribution in [3.05, 3.63) is 145 Å². The summed E-state index contributed by atoms with van der Waals surface area (Å²) in [5.41, 5.74) is 1.06. The van der Waals surface area contributed by atoms with Gasteiger partial charge in [0.05, 0.1) is 0 Å². The Labute approximate surface area is 199 Å². The summed E-state index contributed by atoms with van der Waals surface area (Å²) in [4.78, 5) is 14.1. The first-order valence-corrected chi connectivity index (χ1v) is 11.4. The molecule has 0 spiro atoms. The molecule has 0 heterocycles. The van der Waals surface area contributed by atoms with Gasteiger partial charge in [-0.3, -0.25) is 4.79 Å². The lowest BCUT2D eigenvalue weighted by Crippen LogP contribution is -2.49. The van der Waals surface area contributed by atoms with Gasteiger partial charge in [0.25, 0.3) is 5.72 Å². The quantitative estimate of drug-likeness (QED) is 0.263. The second kappa shape index (κ2) is 9.63. The molecule has 0 aliphatic heterocycles. The summed E-state index contributed by atoms with van der Waals surface area (Å²) in [6, 6.07) is 43.2. The lowest BCUT2D eigenvalue weighted by atomic mass is 9.92. The van der Waals surface area contributed by atoms with E-state index in [0.29, 0.717) is 5.75 Å². The molecule has 3 heteroatoms. The summed E-state index contributed by atoms with van der Waals surface area (Å²) in [6.07, 6.45) is 0.225. The third-order valence-electron chi connectivity index (χ3n) is 5.87. The first kappa shape index (κ1) is 21.5. The van der Waals surface area contributed by atoms with Crippen molar-refractivity contribution in [2.75, 3.05) is 5.32 Å². The first-order valence-electron chi connectivity index (χ1n) is 11.4. The molecule has 0 bridgehead atoms. The van der Waals surface area contributed by atoms with Crippen molar-refractivity contribution in [2.24, 2.45) is 0 Å². The summed E-state index contributed by atoms with van der Waals surface area (Å²) < 4.78 is 6.67. The van der Waals surface area contributed by atoms with Gasteiger partial charge >= 0.3 is 0 Å². The number of nitrogens with one attached hydrogen (secondary N) is 1. The zero-order chi connectivity index (χ0) is 23.2. The fraction of sp³-hybridized carbons (Fsp3) is 0.0645. The molecule has 166 valence electrons. The van der Waals surface area contributed by atoms with Crippen molar-refractivity contribution >= 4 is 22.2 Å². The Hall–Kier alpha value is -4.37. The molecule has 0 aliphatic carbocycles. The van der Waals surface area contributed by atoms with Crippen LogP contribution in [0.2, 0.25) is 0 Å². The van der Waals surface area contributed by atoms with Crippen LogP contribution in [0.5, 0.6) is 5.75 Å². The summed E-state index contributed by atoms with van der Waals surface area (Å²) in [5, 5.41) is 5.62. The minimum absolute atomic E-state index is 0.0816. The molecule has 0 amide bonds. The highest BCUT2D eigenvalue weighted by molar-refractivity contribution is 5.93. The third-order valence-corrected chi connectivity index (χ3v) is 5.87. The van der Waals surface area contributed by atoms with Crippen LogP contribution in [0.25, 0.3) is 10.8 Å². The average molecular weight is 444 g/mol. The number of rotatable bonds is 8. The SMILES string of the molecule is O=C(Cc1ccccc1)C(Nc1ccccc1)(Oc1ccc2ccccc2c1)c1ccccc1. The van der Waals surface area contributed by atoms with Crippen LogP contribution in [0, 0.1) is 0 Å². The molecule has 0 aliphatic rings. The predicted molar refractivity (Wildman–Crippen MR) is 138 cm³/mol. The Morgan fingerprint density at radius 3 is 1.94 bits per heavy atom. The van der Waals surface area contributed by atoms with Crippen molar-refractivity contribution in [1.29, 1.82) is 0 Å². The number of carbonyl (C=O) groups is 1. The average Bonchev–Trinajstić information content (AvgIpc) is 2.90. The highest BCUT2D eigenvalue weighted by Crippen LogP contribution is 2.34. The lowest BCUT2D eigenvalue weighted by molar-refractivity contribution is -0.132. The largest absolute Gasteiger partial charge is 0.456 e. The summed E-state index contributed by atoms with van der Waals surface area (Å²) in [6.45, 7) is 0. The Kier molecular flexibility index (Phi) is 6.09. The third kappa shape index (κ3) is 4.55. The second-order valence-corrected chi connectivity index (χ2v) is 8.23. The van der Waals surface area contributed by atoms with Crippen LogP contribution in [0.1, 0.15) is 11.1 Å². The number of ether oxygens (including phenoxy) is 1. The van der Waals surface area contributed by atoms with E-state index in [1.807, 2.05) is 127 Å². The lowest BCUT2D eigenvalue weighted by Gasteiger charge is -2.35. The number of carbonyl (C=O) groups excluding carboxylic acids is 1. The molecule has 5 rings (SSSR count). The molecule has 1 unspecified atom stereocenters. The molecular weight excluding hydrogens is 418 g/mol. The van der Waals surface area contributed by atoms with Gasteiger partial charge in [-0.1, -0.05) is 109 Å². The van der Waals surface area contributed by atoms with Crippen LogP contribution in [0.15, 0.2) is 133 Å². The normalized spacial score (nSPS) is 12.6. The van der Waals surface area contributed by atoms with Crippen molar-refractivity contribution in [3.63, 3.8) is 0 Å². The summed E-state index contributed by atoms with van der Waals surface area (Å²) in [5.74, 6) is 0.536. The maximum atomic E-state index is 14.1. The number of anilines is 1. The molecule has 5 aromatic carbocycles. The van der Waals surface area contributed by atoms with Crippen molar-refractivity contribution < 1.29 is 9.53 Å². The molecule has 1 N–H and O–H groups in total. The maximum Gasteiger partial charge on any atom is 0.266 e. The van der Waals surface area contributed by atoms with Crippen LogP contribution in [-0.2, 0) is 16.9 Å². The van der Waals surface area contributed by atoms with Gasteiger partial charge < -0.3 is 10.1 Å². The molecule has 1 atom stereocenters. The molecule has 0 saturated carbocycles. The standard InChI is InChI=1S/C31H25NO2/c33-30(22-24-12-4-1-5-13-24)31(27-16-6-2-7-17-27,32-28-18-8-3-9-19-28)34-29-21-20-25-14-10-11-15-26(25)23-29/h1-21,23,32H,22H2. The topological polar surface area (TPSA) is 38.3 Å². The fourth-order valence-corrected chi connectivity index (χ4v) is 4.16. The molecule has 0 saturated heterocycles. The van der Waals surface area contributed by atoms with Gasteiger partial charge in [-0.25, -0.2) is 0 Å². The van der Waals surface area contributed by atoms with Crippen molar-refractivity contribution in [1.82, 2.24) is 0 Å². The minimum atomic E-state index is -1.42. The molecular formula is C31H25NO2. The summed E-state index contributed by atoms with van der Waals surface area (Å²) in [7, 11) is 0. The van der Waals surface area contributed by atoms with Gasteiger partial charge in [0.2, 0.25) is 5.78 Å². The number of ketones is 1. The maximum absolute atomic E-state index is 14.1. The van der Waals surface area contributed by atoms with E-state index in [9.17, 15) is 4.79 Å². The van der Waals surface area contributed by atoms with Crippen molar-refractivity contribution in [3.8, 4) is 5.75 Å². The Bertz CT molecular complexity index is 1380. The Morgan fingerprint density at radius 1 is 0.647 bits per heavy atom. The number of hydrogen-bond donors (Lipinski definition) is 1. The van der Waals surface area contributed by atoms with Gasteiger partial charge in [0, 0.05) is 17.7 Å². The zero-order valence-corrected chi connectivity index (χ0v) is 18.7. The molecule has 3 nitrogen and oxygen atoms in total. The zero-order valence-electron chi connectivity index (χ0n) is 18.7. The van der Waals surface area contributed by atoms with Gasteiger partial charge in [-0.2, -0.15) is 0 Å². The van der Waals surface area contributed by atoms with E-state index in [0.717, 1.165) is 27.6 Å². The van der Waals surface area contributed by atoms with E-state index in [-0.39, 0.29) is 12.2 Å². The smallest absolute Gasteiger partial charge is 0.266 e. The van der Waals surface area contributed by atoms with E-state index in [1.54, 1.807) is 0 Å². The Balaban J connectivity index is 1.63. The van der Waals surface area contributed by atoms with Gasteiger partial charge in [-0.15, -0.1) is 0 Å². The van der Waals surface area contributed by atoms with E-state index < -0.39 is 5.72 Å².